The van der Waals surface area contributed by atoms with Crippen LogP contribution in [0.1, 0.15) is 50.2 Å². The molecule has 20 heavy (non-hydrogen) atoms. The van der Waals surface area contributed by atoms with Crippen molar-refractivity contribution in [3.05, 3.63) is 29.3 Å². The molecule has 2 N–H and O–H groups in total. The molecule has 1 aromatic carbocycles. The van der Waals surface area contributed by atoms with Crippen LogP contribution in [0.4, 0.5) is 0 Å². The highest BCUT2D eigenvalue weighted by Crippen LogP contribution is 2.43. The summed E-state index contributed by atoms with van der Waals surface area (Å²) in [5.74, 6) is 0.961. The molecule has 0 radical (unpaired) electrons. The van der Waals surface area contributed by atoms with Crippen molar-refractivity contribution in [1.82, 2.24) is 5.32 Å². The van der Waals surface area contributed by atoms with E-state index in [1.165, 1.54) is 5.56 Å². The zero-order valence-corrected chi connectivity index (χ0v) is 12.3. The molecule has 1 fully saturated rings. The van der Waals surface area contributed by atoms with Gasteiger partial charge in [-0.1, -0.05) is 25.1 Å². The average Bonchev–Trinajstić information content (AvgIpc) is 2.49. The maximum absolute atomic E-state index is 11.1. The van der Waals surface area contributed by atoms with Crippen molar-refractivity contribution in [2.45, 2.75) is 57.1 Å². The van der Waals surface area contributed by atoms with Gasteiger partial charge in [-0.05, 0) is 50.6 Å². The number of hydrogen-bond donors (Lipinski definition) is 2. The Hall–Kier alpha value is -1.06. The van der Waals surface area contributed by atoms with Crippen LogP contribution < -0.4 is 10.1 Å². The van der Waals surface area contributed by atoms with Crippen molar-refractivity contribution in [1.29, 1.82) is 0 Å². The van der Waals surface area contributed by atoms with Crippen LogP contribution >= 0.6 is 0 Å². The fourth-order valence-corrected chi connectivity index (χ4v) is 3.61. The number of aryl methyl sites for hydroxylation is 1. The summed E-state index contributed by atoms with van der Waals surface area (Å²) < 4.78 is 5.87. The highest BCUT2D eigenvalue weighted by atomic mass is 16.5. The highest BCUT2D eigenvalue weighted by molar-refractivity contribution is 5.46. The van der Waals surface area contributed by atoms with E-state index >= 15 is 0 Å². The Balaban J connectivity index is 1.82. The lowest BCUT2D eigenvalue weighted by Gasteiger charge is -2.38. The number of ether oxygens (including phenoxy) is 1. The lowest BCUT2D eigenvalue weighted by atomic mass is 9.76. The van der Waals surface area contributed by atoms with Gasteiger partial charge in [-0.2, -0.15) is 0 Å². The van der Waals surface area contributed by atoms with Gasteiger partial charge in [-0.25, -0.2) is 0 Å². The number of hydrogen-bond acceptors (Lipinski definition) is 3. The summed E-state index contributed by atoms with van der Waals surface area (Å²) in [5, 5.41) is 14.6. The molecule has 3 nitrogen and oxygen atoms in total. The molecule has 0 spiro atoms. The maximum Gasteiger partial charge on any atom is 0.128 e. The Bertz CT molecular complexity index is 464. The molecule has 1 aliphatic heterocycles. The second-order valence-corrected chi connectivity index (χ2v) is 6.11. The minimum absolute atomic E-state index is 0.556. The Labute approximate surface area is 121 Å². The van der Waals surface area contributed by atoms with Crippen LogP contribution in [-0.4, -0.2) is 24.3 Å². The predicted octanol–water partition coefficient (Wildman–Crippen LogP) is 2.75. The van der Waals surface area contributed by atoms with E-state index in [2.05, 4.69) is 30.4 Å². The molecule has 3 heteroatoms. The number of para-hydroxylation sites is 1. The van der Waals surface area contributed by atoms with Gasteiger partial charge in [0.05, 0.1) is 12.2 Å². The van der Waals surface area contributed by atoms with E-state index in [1.54, 1.807) is 0 Å². The molecular weight excluding hydrogens is 250 g/mol. The lowest BCUT2D eigenvalue weighted by Crippen LogP contribution is -2.40. The molecule has 0 atom stereocenters. The van der Waals surface area contributed by atoms with Crippen molar-refractivity contribution in [2.24, 2.45) is 0 Å². The Kier molecular flexibility index (Phi) is 3.99. The Morgan fingerprint density at radius 1 is 1.35 bits per heavy atom. The van der Waals surface area contributed by atoms with E-state index in [0.717, 1.165) is 63.0 Å². The standard InChI is InChI=1S/C17H25NO2/c1-2-18-14-8-10-17(19,11-9-14)15-7-3-5-13-6-4-12-20-16(13)15/h3,5,7,14,18-19H,2,4,6,8-12H2,1H3. The summed E-state index contributed by atoms with van der Waals surface area (Å²) in [4.78, 5) is 0. The van der Waals surface area contributed by atoms with E-state index in [4.69, 9.17) is 4.74 Å². The van der Waals surface area contributed by atoms with Gasteiger partial charge in [0.25, 0.3) is 0 Å². The highest BCUT2D eigenvalue weighted by Gasteiger charge is 2.37. The largest absolute Gasteiger partial charge is 0.493 e. The average molecular weight is 275 g/mol. The van der Waals surface area contributed by atoms with E-state index in [0.29, 0.717) is 6.04 Å². The van der Waals surface area contributed by atoms with Gasteiger partial charge in [-0.3, -0.25) is 0 Å². The third-order valence-electron chi connectivity index (χ3n) is 4.74. The Morgan fingerprint density at radius 2 is 2.15 bits per heavy atom. The van der Waals surface area contributed by atoms with Crippen molar-refractivity contribution in [2.75, 3.05) is 13.2 Å². The quantitative estimate of drug-likeness (QED) is 0.891. The molecule has 0 saturated heterocycles. The van der Waals surface area contributed by atoms with Gasteiger partial charge in [0, 0.05) is 11.6 Å². The summed E-state index contributed by atoms with van der Waals surface area (Å²) in [5.41, 5.74) is 1.58. The van der Waals surface area contributed by atoms with Gasteiger partial charge in [0.15, 0.2) is 0 Å². The van der Waals surface area contributed by atoms with E-state index in [1.807, 2.05) is 0 Å². The zero-order valence-electron chi connectivity index (χ0n) is 12.3. The van der Waals surface area contributed by atoms with Gasteiger partial charge >= 0.3 is 0 Å². The van der Waals surface area contributed by atoms with Gasteiger partial charge in [-0.15, -0.1) is 0 Å². The molecule has 1 heterocycles. The third-order valence-corrected chi connectivity index (χ3v) is 4.74. The van der Waals surface area contributed by atoms with Gasteiger partial charge in [0.2, 0.25) is 0 Å². The molecule has 2 aliphatic rings. The normalized spacial score (nSPS) is 29.6. The minimum atomic E-state index is -0.700. The zero-order chi connectivity index (χ0) is 14.0. The summed E-state index contributed by atoms with van der Waals surface area (Å²) >= 11 is 0. The predicted molar refractivity (Wildman–Crippen MR) is 80.1 cm³/mol. The first-order valence-corrected chi connectivity index (χ1v) is 7.94. The second-order valence-electron chi connectivity index (χ2n) is 6.11. The molecule has 0 aromatic heterocycles. The van der Waals surface area contributed by atoms with Gasteiger partial charge < -0.3 is 15.2 Å². The molecular formula is C17H25NO2. The molecule has 1 saturated carbocycles. The van der Waals surface area contributed by atoms with Crippen LogP contribution in [0.3, 0.4) is 0 Å². The molecule has 0 amide bonds. The maximum atomic E-state index is 11.1. The smallest absolute Gasteiger partial charge is 0.128 e. The number of rotatable bonds is 3. The number of fused-ring (bicyclic) bond motifs is 1. The fourth-order valence-electron chi connectivity index (χ4n) is 3.61. The second kappa shape index (κ2) is 5.74. The summed E-state index contributed by atoms with van der Waals surface area (Å²) in [6.07, 6.45) is 5.87. The molecule has 1 aromatic rings. The van der Waals surface area contributed by atoms with E-state index in [9.17, 15) is 5.11 Å². The number of nitrogens with one attached hydrogen (secondary N) is 1. The van der Waals surface area contributed by atoms with Crippen LogP contribution in [-0.2, 0) is 12.0 Å². The molecule has 0 bridgehead atoms. The van der Waals surface area contributed by atoms with Crippen LogP contribution in [0.2, 0.25) is 0 Å². The van der Waals surface area contributed by atoms with E-state index in [-0.39, 0.29) is 0 Å². The summed E-state index contributed by atoms with van der Waals surface area (Å²) in [6.45, 7) is 3.93. The molecule has 1 aliphatic carbocycles. The minimum Gasteiger partial charge on any atom is -0.493 e. The van der Waals surface area contributed by atoms with Crippen molar-refractivity contribution < 1.29 is 9.84 Å². The molecule has 3 rings (SSSR count). The number of benzene rings is 1. The fraction of sp³-hybridized carbons (Fsp3) is 0.647. The topological polar surface area (TPSA) is 41.5 Å². The van der Waals surface area contributed by atoms with Crippen molar-refractivity contribution in [3.8, 4) is 5.75 Å². The first-order valence-electron chi connectivity index (χ1n) is 7.94. The first-order chi connectivity index (χ1) is 9.73. The van der Waals surface area contributed by atoms with Crippen molar-refractivity contribution in [3.63, 3.8) is 0 Å². The third kappa shape index (κ3) is 2.57. The monoisotopic (exact) mass is 275 g/mol. The van der Waals surface area contributed by atoms with E-state index < -0.39 is 5.60 Å². The summed E-state index contributed by atoms with van der Waals surface area (Å²) in [7, 11) is 0. The van der Waals surface area contributed by atoms with Crippen LogP contribution in [0.5, 0.6) is 5.75 Å². The molecule has 0 unspecified atom stereocenters. The first kappa shape index (κ1) is 13.9. The molecule has 110 valence electrons. The van der Waals surface area contributed by atoms with Crippen LogP contribution in [0, 0.1) is 0 Å². The van der Waals surface area contributed by atoms with Gasteiger partial charge in [0.1, 0.15) is 5.75 Å². The summed E-state index contributed by atoms with van der Waals surface area (Å²) in [6, 6.07) is 6.81. The van der Waals surface area contributed by atoms with Crippen LogP contribution in [0.25, 0.3) is 0 Å². The number of aliphatic hydroxyl groups is 1. The van der Waals surface area contributed by atoms with Crippen molar-refractivity contribution >= 4 is 0 Å². The SMILES string of the molecule is CCNC1CCC(O)(c2cccc3c2OCCC3)CC1. The Morgan fingerprint density at radius 3 is 2.90 bits per heavy atom. The lowest BCUT2D eigenvalue weighted by molar-refractivity contribution is -0.0108. The van der Waals surface area contributed by atoms with Crippen LogP contribution in [0.15, 0.2) is 18.2 Å².